The zero-order chi connectivity index (χ0) is 37.3. The van der Waals surface area contributed by atoms with Crippen LogP contribution in [0.5, 0.6) is 0 Å². The first-order chi connectivity index (χ1) is 25.2. The monoisotopic (exact) mass is 748 g/mol. The van der Waals surface area contributed by atoms with Crippen LogP contribution in [0.15, 0.2) is 52.5 Å². The van der Waals surface area contributed by atoms with Gasteiger partial charge in [-0.3, -0.25) is 34.7 Å². The third kappa shape index (κ3) is 12.8. The number of unbranched alkanes of at least 4 members (excludes halogenated alkanes) is 5. The third-order valence-electron chi connectivity index (χ3n) is 8.70. The molecule has 0 aromatic carbocycles. The standard InChI is InChI=1S/C36H50F2N6O7S/c1-2-30(45)42-31(46)21-44-34(48)26-12-10-14-29(33(26)35(44)49)39-15-7-5-3-4-6-8-16-40-32(47)23-51-22-28(38)27(37)13-9-11-25-24-52-36(41-25)43-17-19-50-20-18-43/h9-10,12-13,24,29,32,39-40,47H,2-8,11,14-23H2,1H3,(H,42,45,46)/b13-9-,28-27-. The van der Waals surface area contributed by atoms with Crippen LogP contribution in [0.25, 0.3) is 0 Å². The average Bonchev–Trinajstić information content (AvgIpc) is 3.71. The number of anilines is 1. The summed E-state index contributed by atoms with van der Waals surface area (Å²) >= 11 is 1.52. The molecule has 4 rings (SSSR count). The van der Waals surface area contributed by atoms with Gasteiger partial charge in [0.25, 0.3) is 11.8 Å². The number of hydrogen-bond acceptors (Lipinski definition) is 12. The van der Waals surface area contributed by atoms with Crippen molar-refractivity contribution in [2.45, 2.75) is 77.0 Å². The Bertz CT molecular complexity index is 1510. The van der Waals surface area contributed by atoms with Crippen LogP contribution in [0.1, 0.15) is 64.0 Å². The molecule has 1 aromatic rings. The molecule has 0 radical (unpaired) electrons. The SMILES string of the molecule is CCC(=O)NC(=O)CN1C(=O)C2=C(C1=O)C(NCCCCCCCCNC(O)COC/C(F)=C(F)\C=C/Cc1csc(N3CCOCC3)n1)CC=C2. The number of nitrogens with one attached hydrogen (secondary N) is 3. The highest BCUT2D eigenvalue weighted by Crippen LogP contribution is 2.29. The minimum absolute atomic E-state index is 0.120. The lowest BCUT2D eigenvalue weighted by Gasteiger charge is -2.25. The van der Waals surface area contributed by atoms with E-state index < -0.39 is 54.7 Å². The second kappa shape index (κ2) is 21.8. The van der Waals surface area contributed by atoms with Crippen molar-refractivity contribution in [1.29, 1.82) is 0 Å². The number of imide groups is 2. The molecular formula is C36H50F2N6O7S. The largest absolute Gasteiger partial charge is 0.378 e. The van der Waals surface area contributed by atoms with E-state index in [0.717, 1.165) is 73.4 Å². The van der Waals surface area contributed by atoms with E-state index in [1.54, 1.807) is 13.0 Å². The van der Waals surface area contributed by atoms with E-state index in [4.69, 9.17) is 9.47 Å². The highest BCUT2D eigenvalue weighted by molar-refractivity contribution is 7.13. The topological polar surface area (TPSA) is 162 Å². The van der Waals surface area contributed by atoms with Crippen LogP contribution in [0.2, 0.25) is 0 Å². The number of rotatable bonds is 22. The quantitative estimate of drug-likeness (QED) is 0.0597. The first kappa shape index (κ1) is 41.1. The molecule has 2 atom stereocenters. The zero-order valence-corrected chi connectivity index (χ0v) is 30.5. The lowest BCUT2D eigenvalue weighted by molar-refractivity contribution is -0.143. The number of allylic oxidation sites excluding steroid dienone is 3. The Labute approximate surface area is 307 Å². The van der Waals surface area contributed by atoms with Gasteiger partial charge >= 0.3 is 0 Å². The molecule has 1 aromatic heterocycles. The van der Waals surface area contributed by atoms with Gasteiger partial charge in [0.15, 0.2) is 16.8 Å². The molecule has 0 bridgehead atoms. The molecule has 1 aliphatic carbocycles. The lowest BCUT2D eigenvalue weighted by atomic mass is 9.94. The smallest absolute Gasteiger partial charge is 0.261 e. The average molecular weight is 749 g/mol. The number of thiazole rings is 1. The fraction of sp³-hybridized carbons (Fsp3) is 0.583. The van der Waals surface area contributed by atoms with Crippen molar-refractivity contribution in [2.24, 2.45) is 0 Å². The van der Waals surface area contributed by atoms with Crippen LogP contribution in [-0.4, -0.2) is 110 Å². The fourth-order valence-corrected chi connectivity index (χ4v) is 6.75. The van der Waals surface area contributed by atoms with Gasteiger partial charge in [0.1, 0.15) is 19.4 Å². The van der Waals surface area contributed by atoms with Crippen molar-refractivity contribution in [3.05, 3.63) is 58.2 Å². The van der Waals surface area contributed by atoms with Crippen molar-refractivity contribution in [1.82, 2.24) is 25.8 Å². The lowest BCUT2D eigenvalue weighted by Crippen LogP contribution is -2.44. The van der Waals surface area contributed by atoms with Crippen LogP contribution in [0.3, 0.4) is 0 Å². The second-order valence-electron chi connectivity index (χ2n) is 12.7. The Morgan fingerprint density at radius 2 is 1.83 bits per heavy atom. The van der Waals surface area contributed by atoms with Gasteiger partial charge < -0.3 is 24.8 Å². The maximum atomic E-state index is 14.2. The zero-order valence-electron chi connectivity index (χ0n) is 29.7. The molecule has 0 spiro atoms. The third-order valence-corrected chi connectivity index (χ3v) is 9.65. The van der Waals surface area contributed by atoms with Gasteiger partial charge in [0, 0.05) is 48.5 Å². The van der Waals surface area contributed by atoms with E-state index in [1.165, 1.54) is 17.4 Å². The second-order valence-corrected chi connectivity index (χ2v) is 13.5. The Kier molecular flexibility index (Phi) is 17.2. The Morgan fingerprint density at radius 3 is 2.58 bits per heavy atom. The van der Waals surface area contributed by atoms with Gasteiger partial charge in [-0.25, -0.2) is 13.8 Å². The Hall–Kier alpha value is -3.67. The van der Waals surface area contributed by atoms with Gasteiger partial charge in [-0.05, 0) is 38.4 Å². The highest BCUT2D eigenvalue weighted by Gasteiger charge is 2.42. The molecule has 3 aliphatic rings. The summed E-state index contributed by atoms with van der Waals surface area (Å²) in [7, 11) is 0. The maximum absolute atomic E-state index is 14.2. The van der Waals surface area contributed by atoms with E-state index in [0.29, 0.717) is 44.7 Å². The van der Waals surface area contributed by atoms with Gasteiger partial charge in [-0.15, -0.1) is 11.3 Å². The predicted molar refractivity (Wildman–Crippen MR) is 192 cm³/mol. The first-order valence-corrected chi connectivity index (χ1v) is 18.9. The number of aromatic nitrogens is 1. The summed E-state index contributed by atoms with van der Waals surface area (Å²) in [5, 5.41) is 21.3. The van der Waals surface area contributed by atoms with Gasteiger partial charge in [0.2, 0.25) is 11.8 Å². The Balaban J connectivity index is 1.00. The fourth-order valence-electron chi connectivity index (χ4n) is 5.86. The molecule has 0 saturated carbocycles. The van der Waals surface area contributed by atoms with E-state index in [1.807, 2.05) is 11.5 Å². The van der Waals surface area contributed by atoms with Crippen molar-refractivity contribution in [3.63, 3.8) is 0 Å². The minimum atomic E-state index is -1.04. The Morgan fingerprint density at radius 1 is 1.10 bits per heavy atom. The summed E-state index contributed by atoms with van der Waals surface area (Å²) in [6, 6.07) is -0.318. The molecule has 13 nitrogen and oxygen atoms in total. The molecule has 2 aliphatic heterocycles. The summed E-state index contributed by atoms with van der Waals surface area (Å²) in [5.41, 5.74) is 1.44. The molecule has 4 N–H and O–H groups in total. The molecule has 1 saturated heterocycles. The van der Waals surface area contributed by atoms with Crippen LogP contribution < -0.4 is 20.9 Å². The van der Waals surface area contributed by atoms with Gasteiger partial charge in [-0.1, -0.05) is 50.8 Å². The van der Waals surface area contributed by atoms with E-state index >= 15 is 0 Å². The number of hydrogen-bond donors (Lipinski definition) is 4. The number of halogens is 2. The number of carbonyl (C=O) groups excluding carboxylic acids is 4. The molecule has 286 valence electrons. The minimum Gasteiger partial charge on any atom is -0.378 e. The normalized spacial score (nSPS) is 18.7. The first-order valence-electron chi connectivity index (χ1n) is 18.0. The van der Waals surface area contributed by atoms with Crippen LogP contribution in [0, 0.1) is 0 Å². The summed E-state index contributed by atoms with van der Waals surface area (Å²) in [5.74, 6) is -4.25. The number of aliphatic hydroxyl groups excluding tert-OH is 1. The van der Waals surface area contributed by atoms with Crippen LogP contribution in [-0.2, 0) is 35.1 Å². The van der Waals surface area contributed by atoms with Gasteiger partial charge in [0.05, 0.1) is 25.5 Å². The van der Waals surface area contributed by atoms with Crippen molar-refractivity contribution in [2.75, 3.05) is 64.1 Å². The number of amides is 4. The molecule has 3 heterocycles. The summed E-state index contributed by atoms with van der Waals surface area (Å²) < 4.78 is 38.8. The molecule has 1 fully saturated rings. The highest BCUT2D eigenvalue weighted by atomic mass is 32.1. The molecule has 52 heavy (non-hydrogen) atoms. The number of carbonyl (C=O) groups is 4. The van der Waals surface area contributed by atoms with E-state index in [9.17, 15) is 33.1 Å². The number of ether oxygens (including phenoxy) is 2. The van der Waals surface area contributed by atoms with Crippen molar-refractivity contribution >= 4 is 40.1 Å². The van der Waals surface area contributed by atoms with Crippen LogP contribution in [0.4, 0.5) is 13.9 Å². The maximum Gasteiger partial charge on any atom is 0.261 e. The van der Waals surface area contributed by atoms with E-state index in [2.05, 4.69) is 25.8 Å². The predicted octanol–water partition coefficient (Wildman–Crippen LogP) is 3.13. The summed E-state index contributed by atoms with van der Waals surface area (Å²) in [6.07, 6.45) is 11.8. The summed E-state index contributed by atoms with van der Waals surface area (Å²) in [4.78, 5) is 57.0. The molecular weight excluding hydrogens is 698 g/mol. The molecule has 16 heteroatoms. The molecule has 4 amide bonds. The number of nitrogens with zero attached hydrogens (tertiary/aromatic N) is 3. The summed E-state index contributed by atoms with van der Waals surface area (Å²) in [6.45, 7) is 4.47. The van der Waals surface area contributed by atoms with Crippen LogP contribution >= 0.6 is 11.3 Å². The van der Waals surface area contributed by atoms with E-state index in [-0.39, 0.29) is 24.6 Å². The van der Waals surface area contributed by atoms with Crippen molar-refractivity contribution < 1.29 is 42.5 Å². The number of aliphatic hydroxyl groups is 1. The van der Waals surface area contributed by atoms with Gasteiger partial charge in [-0.2, -0.15) is 0 Å². The molecule has 2 unspecified atom stereocenters. The van der Waals surface area contributed by atoms with Crippen molar-refractivity contribution in [3.8, 4) is 0 Å². The number of morpholine rings is 1.